The molecule has 11 heteroatoms. The molecule has 2 heterocycles. The molecule has 0 saturated heterocycles. The number of fused-ring (bicyclic) bond motifs is 1. The number of esters is 1. The van der Waals surface area contributed by atoms with Crippen molar-refractivity contribution in [1.82, 2.24) is 25.0 Å². The van der Waals surface area contributed by atoms with Crippen LogP contribution in [0.1, 0.15) is 25.8 Å². The second-order valence-electron chi connectivity index (χ2n) is 6.38. The summed E-state index contributed by atoms with van der Waals surface area (Å²) in [5.41, 5.74) is 0.836. The number of hydrogen-bond donors (Lipinski definition) is 1. The summed E-state index contributed by atoms with van der Waals surface area (Å²) in [5, 5.41) is 19.8. The highest BCUT2D eigenvalue weighted by atomic mass is 35.5. The molecule has 0 bridgehead atoms. The highest BCUT2D eigenvalue weighted by Gasteiger charge is 2.44. The standard InChI is InChI=1S/C17H22ClN5O4S/c1-4-6-28-17-19-15(18)13-16(20-17)23(22-21-13)10-7-11(9(5-2)14(10)25)27-8-12(24)26-3/h5,9-11,14,25H,2,4,6-8H2,1,3H3. The molecule has 0 amide bonds. The summed E-state index contributed by atoms with van der Waals surface area (Å²) in [5.74, 6) is 0.00137. The highest BCUT2D eigenvalue weighted by molar-refractivity contribution is 7.99. The van der Waals surface area contributed by atoms with E-state index in [1.54, 1.807) is 10.8 Å². The van der Waals surface area contributed by atoms with Crippen LogP contribution in [0.4, 0.5) is 0 Å². The van der Waals surface area contributed by atoms with Crippen molar-refractivity contribution in [2.45, 2.75) is 43.2 Å². The lowest BCUT2D eigenvalue weighted by atomic mass is 10.0. The van der Waals surface area contributed by atoms with Gasteiger partial charge in [-0.2, -0.15) is 0 Å². The van der Waals surface area contributed by atoms with E-state index in [2.05, 4.69) is 38.5 Å². The molecule has 2 aromatic heterocycles. The lowest BCUT2D eigenvalue weighted by Crippen LogP contribution is -2.27. The van der Waals surface area contributed by atoms with E-state index in [0.717, 1.165) is 12.2 Å². The van der Waals surface area contributed by atoms with E-state index in [4.69, 9.17) is 16.3 Å². The molecular weight excluding hydrogens is 406 g/mol. The third kappa shape index (κ3) is 4.14. The number of carbonyl (C=O) groups is 1. The normalized spacial score (nSPS) is 24.6. The minimum Gasteiger partial charge on any atom is -0.467 e. The Morgan fingerprint density at radius 1 is 1.50 bits per heavy atom. The summed E-state index contributed by atoms with van der Waals surface area (Å²) in [6.45, 7) is 5.65. The number of methoxy groups -OCH3 is 1. The zero-order valence-electron chi connectivity index (χ0n) is 15.6. The Labute approximate surface area is 171 Å². The third-order valence-electron chi connectivity index (χ3n) is 4.62. The number of aliphatic hydroxyl groups is 1. The second kappa shape index (κ2) is 9.17. The summed E-state index contributed by atoms with van der Waals surface area (Å²) >= 11 is 7.74. The molecule has 0 radical (unpaired) electrons. The van der Waals surface area contributed by atoms with E-state index >= 15 is 0 Å². The molecule has 0 spiro atoms. The summed E-state index contributed by atoms with van der Waals surface area (Å²) in [7, 11) is 1.29. The van der Waals surface area contributed by atoms with Crippen molar-refractivity contribution < 1.29 is 19.4 Å². The monoisotopic (exact) mass is 427 g/mol. The van der Waals surface area contributed by atoms with Crippen LogP contribution in [0, 0.1) is 5.92 Å². The Morgan fingerprint density at radius 2 is 2.29 bits per heavy atom. The van der Waals surface area contributed by atoms with E-state index < -0.39 is 24.2 Å². The molecule has 3 rings (SSSR count). The fraction of sp³-hybridized carbons (Fsp3) is 0.588. The lowest BCUT2D eigenvalue weighted by Gasteiger charge is -2.18. The average Bonchev–Trinajstić information content (AvgIpc) is 3.25. The van der Waals surface area contributed by atoms with Gasteiger partial charge in [-0.3, -0.25) is 0 Å². The van der Waals surface area contributed by atoms with Crippen LogP contribution >= 0.6 is 23.4 Å². The first-order chi connectivity index (χ1) is 13.5. The van der Waals surface area contributed by atoms with E-state index in [9.17, 15) is 9.90 Å². The largest absolute Gasteiger partial charge is 0.467 e. The van der Waals surface area contributed by atoms with Gasteiger partial charge in [0.2, 0.25) is 0 Å². The summed E-state index contributed by atoms with van der Waals surface area (Å²) in [6, 6.07) is -0.453. The first-order valence-electron chi connectivity index (χ1n) is 8.90. The molecule has 1 saturated carbocycles. The Morgan fingerprint density at radius 3 is 2.96 bits per heavy atom. The van der Waals surface area contributed by atoms with Crippen molar-refractivity contribution in [1.29, 1.82) is 0 Å². The van der Waals surface area contributed by atoms with E-state index in [1.807, 2.05) is 0 Å². The van der Waals surface area contributed by atoms with E-state index in [0.29, 0.717) is 22.7 Å². The molecule has 0 aliphatic heterocycles. The molecule has 4 atom stereocenters. The van der Waals surface area contributed by atoms with Gasteiger partial charge in [0.15, 0.2) is 21.5 Å². The molecule has 0 aromatic carbocycles. The number of carbonyl (C=O) groups excluding carboxylic acids is 1. The molecule has 1 aliphatic carbocycles. The first-order valence-corrected chi connectivity index (χ1v) is 10.3. The van der Waals surface area contributed by atoms with Crippen LogP contribution in [0.25, 0.3) is 11.2 Å². The molecule has 1 N–H and O–H groups in total. The van der Waals surface area contributed by atoms with Gasteiger partial charge >= 0.3 is 5.97 Å². The van der Waals surface area contributed by atoms with Crippen LogP contribution in [-0.2, 0) is 14.3 Å². The Bertz CT molecular complexity index is 863. The molecule has 4 unspecified atom stereocenters. The maximum absolute atomic E-state index is 11.4. The number of ether oxygens (including phenoxy) is 2. The lowest BCUT2D eigenvalue weighted by molar-refractivity contribution is -0.148. The van der Waals surface area contributed by atoms with Crippen molar-refractivity contribution in [2.75, 3.05) is 19.5 Å². The predicted molar refractivity (Wildman–Crippen MR) is 104 cm³/mol. The van der Waals surface area contributed by atoms with E-state index in [-0.39, 0.29) is 17.7 Å². The molecule has 28 heavy (non-hydrogen) atoms. The maximum Gasteiger partial charge on any atom is 0.331 e. The quantitative estimate of drug-likeness (QED) is 0.222. The van der Waals surface area contributed by atoms with Gasteiger partial charge in [0.05, 0.1) is 25.4 Å². The zero-order valence-corrected chi connectivity index (χ0v) is 17.2. The molecule has 152 valence electrons. The van der Waals surface area contributed by atoms with Crippen LogP contribution in [0.2, 0.25) is 5.15 Å². The average molecular weight is 428 g/mol. The van der Waals surface area contributed by atoms with Gasteiger partial charge in [-0.25, -0.2) is 19.4 Å². The third-order valence-corrected chi connectivity index (χ3v) is 5.93. The fourth-order valence-electron chi connectivity index (χ4n) is 3.22. The van der Waals surface area contributed by atoms with Crippen LogP contribution < -0.4 is 0 Å². The summed E-state index contributed by atoms with van der Waals surface area (Å²) < 4.78 is 11.8. The topological polar surface area (TPSA) is 112 Å². The van der Waals surface area contributed by atoms with Gasteiger partial charge in [0.25, 0.3) is 0 Å². The number of nitrogens with zero attached hydrogens (tertiary/aromatic N) is 5. The van der Waals surface area contributed by atoms with Gasteiger partial charge < -0.3 is 14.6 Å². The molecular formula is C17H22ClN5O4S. The van der Waals surface area contributed by atoms with Crippen molar-refractivity contribution in [3.63, 3.8) is 0 Å². The van der Waals surface area contributed by atoms with Gasteiger partial charge in [-0.1, -0.05) is 41.6 Å². The Hall–Kier alpha value is -1.75. The van der Waals surface area contributed by atoms with Crippen LogP contribution in [0.15, 0.2) is 17.8 Å². The van der Waals surface area contributed by atoms with Gasteiger partial charge in [-0.05, 0) is 12.8 Å². The zero-order chi connectivity index (χ0) is 20.3. The van der Waals surface area contributed by atoms with Crippen LogP contribution in [0.3, 0.4) is 0 Å². The number of aliphatic hydroxyl groups excluding tert-OH is 1. The molecule has 1 fully saturated rings. The van der Waals surface area contributed by atoms with Crippen LogP contribution in [0.5, 0.6) is 0 Å². The minimum atomic E-state index is -0.828. The molecule has 9 nitrogen and oxygen atoms in total. The SMILES string of the molecule is C=CC1C(OCC(=O)OC)CC(n2nnc3c(Cl)nc(SCCC)nc32)C1O. The van der Waals surface area contributed by atoms with E-state index in [1.165, 1.54) is 18.9 Å². The Kier molecular flexibility index (Phi) is 6.86. The number of rotatable bonds is 8. The fourth-order valence-corrected chi connectivity index (χ4v) is 4.17. The van der Waals surface area contributed by atoms with Crippen molar-refractivity contribution >= 4 is 40.5 Å². The highest BCUT2D eigenvalue weighted by Crippen LogP contribution is 2.39. The smallest absolute Gasteiger partial charge is 0.331 e. The Balaban J connectivity index is 1.89. The van der Waals surface area contributed by atoms with Crippen molar-refractivity contribution in [3.8, 4) is 0 Å². The van der Waals surface area contributed by atoms with Crippen molar-refractivity contribution in [3.05, 3.63) is 17.8 Å². The number of halogens is 1. The van der Waals surface area contributed by atoms with Gasteiger partial charge in [-0.15, -0.1) is 11.7 Å². The minimum absolute atomic E-state index is 0.200. The van der Waals surface area contributed by atoms with Gasteiger partial charge in [0, 0.05) is 11.7 Å². The number of thioether (sulfide) groups is 1. The second-order valence-corrected chi connectivity index (χ2v) is 7.80. The first kappa shape index (κ1) is 21.0. The predicted octanol–water partition coefficient (Wildman–Crippen LogP) is 2.04. The number of hydrogen-bond acceptors (Lipinski definition) is 9. The summed E-state index contributed by atoms with van der Waals surface area (Å²) in [4.78, 5) is 20.2. The molecule has 2 aromatic rings. The number of aromatic nitrogens is 5. The van der Waals surface area contributed by atoms with Crippen LogP contribution in [-0.4, -0.2) is 67.7 Å². The summed E-state index contributed by atoms with van der Waals surface area (Å²) in [6.07, 6.45) is 1.76. The molecule has 1 aliphatic rings. The van der Waals surface area contributed by atoms with Gasteiger partial charge in [0.1, 0.15) is 6.61 Å². The van der Waals surface area contributed by atoms with Crippen molar-refractivity contribution in [2.24, 2.45) is 5.92 Å². The maximum atomic E-state index is 11.4.